The molecule has 0 aliphatic rings. The third kappa shape index (κ3) is 3.90. The van der Waals surface area contributed by atoms with Gasteiger partial charge in [0.2, 0.25) is 0 Å². The van der Waals surface area contributed by atoms with Gasteiger partial charge in [-0.1, -0.05) is 29.3 Å². The van der Waals surface area contributed by atoms with Crippen molar-refractivity contribution < 1.29 is 9.53 Å². The topological polar surface area (TPSA) is 64.3 Å². The predicted octanol–water partition coefficient (Wildman–Crippen LogP) is 3.25. The maximum atomic E-state index is 11.7. The molecule has 2 aromatic rings. The monoisotopic (exact) mass is 290 g/mol. The van der Waals surface area contributed by atoms with Gasteiger partial charge in [-0.25, -0.2) is 0 Å². The highest BCUT2D eigenvalue weighted by Crippen LogP contribution is 2.26. The van der Waals surface area contributed by atoms with E-state index in [-0.39, 0.29) is 12.5 Å². The minimum Gasteiger partial charge on any atom is -0.482 e. The van der Waals surface area contributed by atoms with Crippen molar-refractivity contribution in [3.8, 4) is 5.75 Å². The second kappa shape index (κ2) is 6.30. The van der Waals surface area contributed by atoms with Crippen LogP contribution < -0.4 is 15.8 Å². The fraction of sp³-hybridized carbons (Fsp3) is 0.133. The van der Waals surface area contributed by atoms with E-state index < -0.39 is 0 Å². The van der Waals surface area contributed by atoms with Crippen molar-refractivity contribution in [1.29, 1.82) is 0 Å². The number of carbonyl (C=O) groups excluding carboxylic acids is 1. The van der Waals surface area contributed by atoms with Crippen LogP contribution in [0.1, 0.15) is 5.56 Å². The molecular formula is C15H15ClN2O2. The highest BCUT2D eigenvalue weighted by molar-refractivity contribution is 6.32. The quantitative estimate of drug-likeness (QED) is 0.850. The third-order valence-corrected chi connectivity index (χ3v) is 2.95. The first-order valence-corrected chi connectivity index (χ1v) is 6.47. The summed E-state index contributed by atoms with van der Waals surface area (Å²) in [6, 6.07) is 12.4. The summed E-state index contributed by atoms with van der Waals surface area (Å²) in [5, 5.41) is 3.12. The summed E-state index contributed by atoms with van der Waals surface area (Å²) in [7, 11) is 0. The number of hydrogen-bond acceptors (Lipinski definition) is 3. The lowest BCUT2D eigenvalue weighted by Crippen LogP contribution is -2.20. The molecule has 0 bridgehead atoms. The summed E-state index contributed by atoms with van der Waals surface area (Å²) in [6.45, 7) is 1.87. The summed E-state index contributed by atoms with van der Waals surface area (Å²) in [4.78, 5) is 11.7. The number of nitrogens with two attached hydrogens (primary N) is 1. The molecule has 0 heterocycles. The number of nitrogens with one attached hydrogen (secondary N) is 1. The number of halogens is 1. The molecule has 5 heteroatoms. The lowest BCUT2D eigenvalue weighted by molar-refractivity contribution is -0.118. The predicted molar refractivity (Wildman–Crippen MR) is 81.2 cm³/mol. The number of benzene rings is 2. The molecule has 2 rings (SSSR count). The molecule has 104 valence electrons. The molecule has 0 aromatic heterocycles. The Balaban J connectivity index is 1.90. The zero-order chi connectivity index (χ0) is 14.5. The smallest absolute Gasteiger partial charge is 0.262 e. The minimum absolute atomic E-state index is 0.114. The van der Waals surface area contributed by atoms with Gasteiger partial charge in [-0.05, 0) is 37.3 Å². The zero-order valence-electron chi connectivity index (χ0n) is 11.0. The Labute approximate surface area is 122 Å². The molecule has 0 aliphatic heterocycles. The number of amides is 1. The van der Waals surface area contributed by atoms with E-state index in [9.17, 15) is 4.79 Å². The van der Waals surface area contributed by atoms with Crippen molar-refractivity contribution in [1.82, 2.24) is 0 Å². The maximum Gasteiger partial charge on any atom is 0.262 e. The largest absolute Gasteiger partial charge is 0.482 e. The standard InChI is InChI=1S/C15H15ClN2O2/c1-10-2-5-12(6-3-10)18-15(19)9-20-14-7-4-11(17)8-13(14)16/h2-8H,9,17H2,1H3,(H,18,19). The Kier molecular flexibility index (Phi) is 4.48. The van der Waals surface area contributed by atoms with Gasteiger partial charge in [0.1, 0.15) is 5.75 Å². The van der Waals surface area contributed by atoms with Gasteiger partial charge in [0, 0.05) is 11.4 Å². The van der Waals surface area contributed by atoms with Crippen LogP contribution in [0.5, 0.6) is 5.75 Å². The molecule has 0 saturated heterocycles. The summed E-state index contributed by atoms with van der Waals surface area (Å²) in [5.41, 5.74) is 7.99. The first-order valence-electron chi connectivity index (χ1n) is 6.09. The fourth-order valence-electron chi connectivity index (χ4n) is 1.61. The van der Waals surface area contributed by atoms with E-state index in [2.05, 4.69) is 5.32 Å². The normalized spacial score (nSPS) is 10.1. The van der Waals surface area contributed by atoms with Gasteiger partial charge in [0.25, 0.3) is 5.91 Å². The van der Waals surface area contributed by atoms with Gasteiger partial charge in [0.15, 0.2) is 6.61 Å². The van der Waals surface area contributed by atoms with Crippen molar-refractivity contribution >= 4 is 28.9 Å². The van der Waals surface area contributed by atoms with Gasteiger partial charge in [-0.2, -0.15) is 0 Å². The van der Waals surface area contributed by atoms with Crippen LogP contribution in [0.3, 0.4) is 0 Å². The highest BCUT2D eigenvalue weighted by atomic mass is 35.5. The summed E-state index contributed by atoms with van der Waals surface area (Å²) >= 11 is 5.95. The molecule has 0 aliphatic carbocycles. The number of nitrogen functional groups attached to an aromatic ring is 1. The van der Waals surface area contributed by atoms with Crippen molar-refractivity contribution in [2.24, 2.45) is 0 Å². The second-order valence-corrected chi connectivity index (χ2v) is 4.80. The van der Waals surface area contributed by atoms with Crippen LogP contribution in [0.25, 0.3) is 0 Å². The SMILES string of the molecule is Cc1ccc(NC(=O)COc2ccc(N)cc2Cl)cc1. The molecule has 0 unspecified atom stereocenters. The molecule has 1 amide bonds. The van der Waals surface area contributed by atoms with Crippen LogP contribution in [0.2, 0.25) is 5.02 Å². The summed E-state index contributed by atoms with van der Waals surface area (Å²) < 4.78 is 5.35. The summed E-state index contributed by atoms with van der Waals surface area (Å²) in [5.74, 6) is 0.182. The number of hydrogen-bond donors (Lipinski definition) is 2. The molecule has 0 radical (unpaired) electrons. The molecule has 20 heavy (non-hydrogen) atoms. The number of ether oxygens (including phenoxy) is 1. The Morgan fingerprint density at radius 2 is 1.95 bits per heavy atom. The van der Waals surface area contributed by atoms with Crippen LogP contribution >= 0.6 is 11.6 Å². The first kappa shape index (κ1) is 14.2. The highest BCUT2D eigenvalue weighted by Gasteiger charge is 2.06. The van der Waals surface area contributed by atoms with E-state index in [0.717, 1.165) is 11.3 Å². The first-order chi connectivity index (χ1) is 9.54. The van der Waals surface area contributed by atoms with Crippen LogP contribution in [0.4, 0.5) is 11.4 Å². The average Bonchev–Trinajstić information content (AvgIpc) is 2.40. The van der Waals surface area contributed by atoms with Crippen LogP contribution in [0.15, 0.2) is 42.5 Å². The molecular weight excluding hydrogens is 276 g/mol. The number of carbonyl (C=O) groups is 1. The third-order valence-electron chi connectivity index (χ3n) is 2.65. The Hall–Kier alpha value is -2.20. The lowest BCUT2D eigenvalue weighted by atomic mass is 10.2. The molecule has 2 aromatic carbocycles. The molecule has 4 nitrogen and oxygen atoms in total. The zero-order valence-corrected chi connectivity index (χ0v) is 11.8. The second-order valence-electron chi connectivity index (χ2n) is 4.39. The molecule has 0 fully saturated rings. The van der Waals surface area contributed by atoms with Crippen LogP contribution in [-0.2, 0) is 4.79 Å². The van der Waals surface area contributed by atoms with Crippen LogP contribution in [-0.4, -0.2) is 12.5 Å². The van der Waals surface area contributed by atoms with Gasteiger partial charge < -0.3 is 15.8 Å². The average molecular weight is 291 g/mol. The minimum atomic E-state index is -0.248. The van der Waals surface area contributed by atoms with E-state index >= 15 is 0 Å². The van der Waals surface area contributed by atoms with Gasteiger partial charge in [0.05, 0.1) is 5.02 Å². The maximum absolute atomic E-state index is 11.7. The summed E-state index contributed by atoms with van der Waals surface area (Å²) in [6.07, 6.45) is 0. The van der Waals surface area contributed by atoms with E-state index in [4.69, 9.17) is 22.1 Å². The van der Waals surface area contributed by atoms with E-state index in [1.54, 1.807) is 18.2 Å². The van der Waals surface area contributed by atoms with Crippen molar-refractivity contribution in [3.05, 3.63) is 53.1 Å². The van der Waals surface area contributed by atoms with E-state index in [0.29, 0.717) is 16.5 Å². The van der Waals surface area contributed by atoms with Crippen molar-refractivity contribution in [3.63, 3.8) is 0 Å². The fourth-order valence-corrected chi connectivity index (χ4v) is 1.85. The van der Waals surface area contributed by atoms with E-state index in [1.807, 2.05) is 31.2 Å². The molecule has 0 atom stereocenters. The van der Waals surface area contributed by atoms with Crippen molar-refractivity contribution in [2.75, 3.05) is 17.7 Å². The van der Waals surface area contributed by atoms with Crippen molar-refractivity contribution in [2.45, 2.75) is 6.92 Å². The van der Waals surface area contributed by atoms with Gasteiger partial charge in [-0.15, -0.1) is 0 Å². The number of anilines is 2. The van der Waals surface area contributed by atoms with Gasteiger partial charge >= 0.3 is 0 Å². The van der Waals surface area contributed by atoms with Crippen LogP contribution in [0, 0.1) is 6.92 Å². The molecule has 3 N–H and O–H groups in total. The molecule has 0 spiro atoms. The Bertz CT molecular complexity index is 612. The molecule has 0 saturated carbocycles. The lowest BCUT2D eigenvalue weighted by Gasteiger charge is -2.09. The number of rotatable bonds is 4. The van der Waals surface area contributed by atoms with Gasteiger partial charge in [-0.3, -0.25) is 4.79 Å². The Morgan fingerprint density at radius 3 is 2.60 bits per heavy atom. The van der Waals surface area contributed by atoms with E-state index in [1.165, 1.54) is 0 Å². The number of aryl methyl sites for hydroxylation is 1. The Morgan fingerprint density at radius 1 is 1.25 bits per heavy atom.